The van der Waals surface area contributed by atoms with Crippen molar-refractivity contribution in [1.29, 1.82) is 0 Å². The van der Waals surface area contributed by atoms with Gasteiger partial charge in [0, 0.05) is 25.5 Å². The molecule has 0 N–H and O–H groups in total. The highest BCUT2D eigenvalue weighted by Crippen LogP contribution is 2.27. The Hall–Kier alpha value is -2.96. The van der Waals surface area contributed by atoms with Gasteiger partial charge in [-0.25, -0.2) is 0 Å². The molecular weight excluding hydrogens is 342 g/mol. The van der Waals surface area contributed by atoms with E-state index in [0.717, 1.165) is 42.8 Å². The van der Waals surface area contributed by atoms with Gasteiger partial charge in [0.2, 0.25) is 5.91 Å². The summed E-state index contributed by atoms with van der Waals surface area (Å²) in [6.07, 6.45) is 3.56. The Balaban J connectivity index is 1.22. The van der Waals surface area contributed by atoms with Crippen LogP contribution in [0, 0.1) is 0 Å². The van der Waals surface area contributed by atoms with Gasteiger partial charge in [0.1, 0.15) is 5.69 Å². The normalized spacial score (nSPS) is 16.4. The Labute approximate surface area is 156 Å². The van der Waals surface area contributed by atoms with E-state index in [1.165, 1.54) is 12.0 Å². The largest absolute Gasteiger partial charge is 0.356 e. The lowest BCUT2D eigenvalue weighted by Crippen LogP contribution is -2.60. The molecule has 0 atom stereocenters. The maximum atomic E-state index is 12.7. The summed E-state index contributed by atoms with van der Waals surface area (Å²) in [5.41, 5.74) is 3.88. The Morgan fingerprint density at radius 1 is 1.26 bits per heavy atom. The SMILES string of the molecule is CN(C(=O)Cc1noc2ccccc12)C1CN(c2cc3c(nn2)CCC3)C1. The van der Waals surface area contributed by atoms with E-state index in [1.54, 1.807) is 0 Å². The quantitative estimate of drug-likeness (QED) is 0.706. The molecule has 1 amide bonds. The highest BCUT2D eigenvalue weighted by Gasteiger charge is 2.34. The third-order valence-corrected chi connectivity index (χ3v) is 5.71. The fraction of sp³-hybridized carbons (Fsp3) is 0.400. The number of hydrogen-bond acceptors (Lipinski definition) is 6. The smallest absolute Gasteiger partial charge is 0.228 e. The molecule has 7 heteroatoms. The van der Waals surface area contributed by atoms with Crippen molar-refractivity contribution in [2.45, 2.75) is 31.7 Å². The molecule has 3 aromatic rings. The summed E-state index contributed by atoms with van der Waals surface area (Å²) in [6, 6.07) is 9.97. The molecule has 1 saturated heterocycles. The summed E-state index contributed by atoms with van der Waals surface area (Å²) >= 11 is 0. The minimum absolute atomic E-state index is 0.0544. The second-order valence-electron chi connectivity index (χ2n) is 7.39. The van der Waals surface area contributed by atoms with Crippen LogP contribution >= 0.6 is 0 Å². The first-order valence-electron chi connectivity index (χ1n) is 9.38. The number of aryl methyl sites for hydroxylation is 2. The minimum Gasteiger partial charge on any atom is -0.356 e. The molecule has 2 aromatic heterocycles. The van der Waals surface area contributed by atoms with Gasteiger partial charge in [0.15, 0.2) is 11.4 Å². The van der Waals surface area contributed by atoms with E-state index >= 15 is 0 Å². The molecule has 0 bridgehead atoms. The highest BCUT2D eigenvalue weighted by molar-refractivity contribution is 5.86. The molecular formula is C20H21N5O2. The Bertz CT molecular complexity index is 1010. The molecule has 1 aliphatic heterocycles. The predicted octanol–water partition coefficient (Wildman–Crippen LogP) is 2.00. The molecule has 27 heavy (non-hydrogen) atoms. The average molecular weight is 363 g/mol. The third-order valence-electron chi connectivity index (χ3n) is 5.71. The van der Waals surface area contributed by atoms with Gasteiger partial charge in [-0.15, -0.1) is 5.10 Å². The minimum atomic E-state index is 0.0544. The molecule has 0 saturated carbocycles. The molecule has 3 heterocycles. The van der Waals surface area contributed by atoms with Crippen molar-refractivity contribution in [1.82, 2.24) is 20.3 Å². The lowest BCUT2D eigenvalue weighted by atomic mass is 10.1. The summed E-state index contributed by atoms with van der Waals surface area (Å²) in [7, 11) is 1.86. The van der Waals surface area contributed by atoms with Crippen molar-refractivity contribution >= 4 is 22.7 Å². The third kappa shape index (κ3) is 2.83. The Morgan fingerprint density at radius 2 is 2.11 bits per heavy atom. The maximum absolute atomic E-state index is 12.7. The van der Waals surface area contributed by atoms with Gasteiger partial charge in [-0.1, -0.05) is 17.3 Å². The number of rotatable bonds is 4. The van der Waals surface area contributed by atoms with Crippen LogP contribution in [0.4, 0.5) is 5.82 Å². The molecule has 0 unspecified atom stereocenters. The molecule has 0 radical (unpaired) electrons. The van der Waals surface area contributed by atoms with Crippen molar-refractivity contribution in [3.8, 4) is 0 Å². The number of nitrogens with zero attached hydrogens (tertiary/aromatic N) is 5. The Morgan fingerprint density at radius 3 is 3.00 bits per heavy atom. The van der Waals surface area contributed by atoms with E-state index in [9.17, 15) is 4.79 Å². The van der Waals surface area contributed by atoms with Crippen LogP contribution in [0.5, 0.6) is 0 Å². The number of hydrogen-bond donors (Lipinski definition) is 0. The first-order valence-corrected chi connectivity index (χ1v) is 9.38. The lowest BCUT2D eigenvalue weighted by Gasteiger charge is -2.44. The molecule has 1 aliphatic carbocycles. The van der Waals surface area contributed by atoms with Crippen LogP contribution in [-0.2, 0) is 24.1 Å². The standard InChI is InChI=1S/C20H21N5O2/c1-24(20(26)10-17-15-6-2-3-8-18(15)27-23-17)14-11-25(12-14)19-9-13-5-4-7-16(13)21-22-19/h2-3,6,8-9,14H,4-5,7,10-12H2,1H3. The number of carbonyl (C=O) groups excluding carboxylic acids is 1. The number of amides is 1. The maximum Gasteiger partial charge on any atom is 0.228 e. The van der Waals surface area contributed by atoms with E-state index in [1.807, 2.05) is 36.2 Å². The van der Waals surface area contributed by atoms with Crippen LogP contribution in [0.2, 0.25) is 0 Å². The van der Waals surface area contributed by atoms with Crippen LogP contribution in [0.25, 0.3) is 11.0 Å². The predicted molar refractivity (Wildman–Crippen MR) is 101 cm³/mol. The van der Waals surface area contributed by atoms with Gasteiger partial charge in [0.25, 0.3) is 0 Å². The van der Waals surface area contributed by atoms with Crippen molar-refractivity contribution in [2.75, 3.05) is 25.0 Å². The molecule has 7 nitrogen and oxygen atoms in total. The number of likely N-dealkylation sites (N-methyl/N-ethyl adjacent to an activating group) is 1. The van der Waals surface area contributed by atoms with Crippen molar-refractivity contribution in [3.63, 3.8) is 0 Å². The number of benzene rings is 1. The van der Waals surface area contributed by atoms with Gasteiger partial charge in [0.05, 0.1) is 18.2 Å². The fourth-order valence-corrected chi connectivity index (χ4v) is 3.90. The Kier molecular flexibility index (Phi) is 3.81. The van der Waals surface area contributed by atoms with Crippen molar-refractivity contribution in [3.05, 3.63) is 47.3 Å². The number of anilines is 1. The first-order chi connectivity index (χ1) is 13.2. The van der Waals surface area contributed by atoms with E-state index in [2.05, 4.69) is 26.3 Å². The van der Waals surface area contributed by atoms with E-state index in [0.29, 0.717) is 11.3 Å². The molecule has 1 aromatic carbocycles. The summed E-state index contributed by atoms with van der Waals surface area (Å²) in [4.78, 5) is 16.7. The van der Waals surface area contributed by atoms with E-state index in [4.69, 9.17) is 4.52 Å². The van der Waals surface area contributed by atoms with Crippen molar-refractivity contribution < 1.29 is 9.32 Å². The zero-order valence-corrected chi connectivity index (χ0v) is 15.3. The number of fused-ring (bicyclic) bond motifs is 2. The number of carbonyl (C=O) groups is 1. The second kappa shape index (κ2) is 6.33. The van der Waals surface area contributed by atoms with Crippen LogP contribution in [-0.4, -0.2) is 52.3 Å². The fourth-order valence-electron chi connectivity index (χ4n) is 3.90. The van der Waals surface area contributed by atoms with Gasteiger partial charge in [-0.2, -0.15) is 5.10 Å². The molecule has 5 rings (SSSR count). The number of aromatic nitrogens is 3. The summed E-state index contributed by atoms with van der Waals surface area (Å²) < 4.78 is 5.30. The van der Waals surface area contributed by atoms with Crippen LogP contribution in [0.3, 0.4) is 0 Å². The topological polar surface area (TPSA) is 75.4 Å². The van der Waals surface area contributed by atoms with Crippen LogP contribution in [0.15, 0.2) is 34.9 Å². The lowest BCUT2D eigenvalue weighted by molar-refractivity contribution is -0.131. The molecule has 138 valence electrons. The summed E-state index contributed by atoms with van der Waals surface area (Å²) in [5, 5.41) is 13.7. The monoisotopic (exact) mass is 363 g/mol. The first kappa shape index (κ1) is 16.2. The average Bonchev–Trinajstić information content (AvgIpc) is 3.27. The molecule has 1 fully saturated rings. The van der Waals surface area contributed by atoms with Crippen LogP contribution < -0.4 is 4.90 Å². The molecule has 2 aliphatic rings. The second-order valence-corrected chi connectivity index (χ2v) is 7.39. The van der Waals surface area contributed by atoms with Gasteiger partial charge in [-0.05, 0) is 43.0 Å². The highest BCUT2D eigenvalue weighted by atomic mass is 16.5. The summed E-state index contributed by atoms with van der Waals surface area (Å²) in [6.45, 7) is 1.57. The van der Waals surface area contributed by atoms with Gasteiger partial charge >= 0.3 is 0 Å². The zero-order chi connectivity index (χ0) is 18.4. The summed E-state index contributed by atoms with van der Waals surface area (Å²) in [5.74, 6) is 0.981. The van der Waals surface area contributed by atoms with Gasteiger partial charge < -0.3 is 14.3 Å². The van der Waals surface area contributed by atoms with Crippen molar-refractivity contribution in [2.24, 2.45) is 0 Å². The van der Waals surface area contributed by atoms with E-state index < -0.39 is 0 Å². The van der Waals surface area contributed by atoms with Crippen LogP contribution in [0.1, 0.15) is 23.4 Å². The number of para-hydroxylation sites is 1. The van der Waals surface area contributed by atoms with E-state index in [-0.39, 0.29) is 18.4 Å². The zero-order valence-electron chi connectivity index (χ0n) is 15.3. The molecule has 0 spiro atoms. The van der Waals surface area contributed by atoms with Gasteiger partial charge in [-0.3, -0.25) is 4.79 Å².